The summed E-state index contributed by atoms with van der Waals surface area (Å²) in [6.45, 7) is 4.74. The maximum absolute atomic E-state index is 11.9. The molecule has 3 saturated carbocycles. The van der Waals surface area contributed by atoms with E-state index < -0.39 is 0 Å². The van der Waals surface area contributed by atoms with Crippen LogP contribution in [0.25, 0.3) is 0 Å². The topological polar surface area (TPSA) is 60.2 Å². The van der Waals surface area contributed by atoms with Gasteiger partial charge in [0.2, 0.25) is 5.91 Å². The molecule has 0 radical (unpaired) electrons. The Balaban J connectivity index is 1.67. The van der Waals surface area contributed by atoms with Crippen LogP contribution in [0.3, 0.4) is 0 Å². The second-order valence-corrected chi connectivity index (χ2v) is 9.05. The van der Waals surface area contributed by atoms with Crippen LogP contribution in [0.2, 0.25) is 0 Å². The summed E-state index contributed by atoms with van der Waals surface area (Å²) >= 11 is 0. The van der Waals surface area contributed by atoms with Crippen molar-refractivity contribution in [2.45, 2.75) is 65.2 Å². The highest BCUT2D eigenvalue weighted by Crippen LogP contribution is 2.66. The molecule has 0 bridgehead atoms. The van der Waals surface area contributed by atoms with Crippen LogP contribution in [-0.4, -0.2) is 11.7 Å². The van der Waals surface area contributed by atoms with Gasteiger partial charge in [0.25, 0.3) is 0 Å². The van der Waals surface area contributed by atoms with Crippen LogP contribution in [0.4, 0.5) is 0 Å². The lowest BCUT2D eigenvalue weighted by molar-refractivity contribution is -0.129. The van der Waals surface area contributed by atoms with Crippen LogP contribution >= 0.6 is 0 Å². The Bertz CT molecular complexity index is 594. The minimum absolute atomic E-state index is 0.0751. The molecule has 0 aromatic heterocycles. The fourth-order valence-electron chi connectivity index (χ4n) is 7.03. The average Bonchev–Trinajstić information content (AvgIpc) is 2.85. The van der Waals surface area contributed by atoms with Crippen LogP contribution in [0, 0.1) is 34.5 Å². The molecule has 4 rings (SSSR count). The van der Waals surface area contributed by atoms with Crippen LogP contribution < -0.4 is 5.73 Å². The first-order valence-electron chi connectivity index (χ1n) is 9.39. The highest BCUT2D eigenvalue weighted by Gasteiger charge is 2.59. The summed E-state index contributed by atoms with van der Waals surface area (Å²) in [5.41, 5.74) is 7.48. The van der Waals surface area contributed by atoms with E-state index in [2.05, 4.69) is 13.8 Å². The first kappa shape index (κ1) is 15.4. The van der Waals surface area contributed by atoms with Crippen molar-refractivity contribution in [3.05, 3.63) is 11.6 Å². The summed E-state index contributed by atoms with van der Waals surface area (Å²) in [6.07, 6.45) is 10.5. The minimum atomic E-state index is -0.0840. The molecule has 126 valence electrons. The molecule has 1 unspecified atom stereocenters. The molecule has 0 heterocycles. The number of allylic oxidation sites excluding steroid dienone is 1. The molecule has 3 fully saturated rings. The van der Waals surface area contributed by atoms with Gasteiger partial charge in [0, 0.05) is 12.3 Å². The van der Waals surface area contributed by atoms with Crippen molar-refractivity contribution in [3.63, 3.8) is 0 Å². The summed E-state index contributed by atoms with van der Waals surface area (Å²) in [5.74, 6) is 2.38. The highest BCUT2D eigenvalue weighted by atomic mass is 16.1. The van der Waals surface area contributed by atoms with Gasteiger partial charge in [-0.25, -0.2) is 0 Å². The predicted octanol–water partition coefficient (Wildman–Crippen LogP) is 3.62. The SMILES string of the molecule is C[C@]12CCC(=O)C=C1CC[C@@H]1[C@@H]2CC[C@]2(C)C(C(N)=O)CC[C@@H]12. The Morgan fingerprint density at radius 1 is 1.09 bits per heavy atom. The standard InChI is InChI=1S/C20H29NO2/c1-19-9-7-13(22)11-12(19)3-4-14-15-5-6-17(18(21)23)20(15,2)10-8-16(14)19/h11,14-17H,3-10H2,1-2H3,(H2,21,23)/t14-,15-,16-,17?,19-,20-/m0/s1. The van der Waals surface area contributed by atoms with Gasteiger partial charge in [0.05, 0.1) is 0 Å². The van der Waals surface area contributed by atoms with E-state index in [0.717, 1.165) is 32.1 Å². The lowest BCUT2D eigenvalue weighted by Gasteiger charge is -2.58. The summed E-state index contributed by atoms with van der Waals surface area (Å²) in [5, 5.41) is 0. The van der Waals surface area contributed by atoms with E-state index >= 15 is 0 Å². The van der Waals surface area contributed by atoms with E-state index in [4.69, 9.17) is 5.73 Å². The third kappa shape index (κ3) is 2.01. The Labute approximate surface area is 139 Å². The van der Waals surface area contributed by atoms with E-state index in [9.17, 15) is 9.59 Å². The molecule has 4 aliphatic carbocycles. The van der Waals surface area contributed by atoms with Crippen LogP contribution in [0.1, 0.15) is 65.2 Å². The average molecular weight is 315 g/mol. The van der Waals surface area contributed by atoms with Crippen molar-refractivity contribution >= 4 is 11.7 Å². The van der Waals surface area contributed by atoms with E-state index in [1.165, 1.54) is 24.8 Å². The van der Waals surface area contributed by atoms with Crippen LogP contribution in [0.5, 0.6) is 0 Å². The van der Waals surface area contributed by atoms with E-state index in [1.807, 2.05) is 6.08 Å². The van der Waals surface area contributed by atoms with Gasteiger partial charge in [0.15, 0.2) is 5.78 Å². The molecule has 0 saturated heterocycles. The number of rotatable bonds is 1. The predicted molar refractivity (Wildman–Crippen MR) is 89.4 cm³/mol. The van der Waals surface area contributed by atoms with Crippen molar-refractivity contribution in [2.75, 3.05) is 0 Å². The van der Waals surface area contributed by atoms with Crippen molar-refractivity contribution in [1.82, 2.24) is 0 Å². The normalized spacial score (nSPS) is 49.0. The molecule has 0 spiro atoms. The van der Waals surface area contributed by atoms with Crippen molar-refractivity contribution in [1.29, 1.82) is 0 Å². The summed E-state index contributed by atoms with van der Waals surface area (Å²) < 4.78 is 0. The van der Waals surface area contributed by atoms with Crippen molar-refractivity contribution in [2.24, 2.45) is 40.2 Å². The van der Waals surface area contributed by atoms with Gasteiger partial charge in [0.1, 0.15) is 0 Å². The number of carbonyl (C=O) groups excluding carboxylic acids is 2. The van der Waals surface area contributed by atoms with E-state index in [0.29, 0.717) is 23.5 Å². The molecule has 1 amide bonds. The fourth-order valence-corrected chi connectivity index (χ4v) is 7.03. The number of amides is 1. The molecule has 23 heavy (non-hydrogen) atoms. The number of hydrogen-bond donors (Lipinski definition) is 1. The highest BCUT2D eigenvalue weighted by molar-refractivity contribution is 5.91. The molecule has 0 aliphatic heterocycles. The fraction of sp³-hybridized carbons (Fsp3) is 0.800. The Morgan fingerprint density at radius 3 is 2.61 bits per heavy atom. The van der Waals surface area contributed by atoms with Gasteiger partial charge < -0.3 is 5.73 Å². The molecule has 6 atom stereocenters. The summed E-state index contributed by atoms with van der Waals surface area (Å²) in [7, 11) is 0. The summed E-state index contributed by atoms with van der Waals surface area (Å²) in [4.78, 5) is 23.8. The van der Waals surface area contributed by atoms with Crippen molar-refractivity contribution in [3.8, 4) is 0 Å². The van der Waals surface area contributed by atoms with Crippen LogP contribution in [0.15, 0.2) is 11.6 Å². The van der Waals surface area contributed by atoms with Gasteiger partial charge in [-0.2, -0.15) is 0 Å². The monoisotopic (exact) mass is 315 g/mol. The minimum Gasteiger partial charge on any atom is -0.369 e. The Kier molecular flexibility index (Phi) is 3.31. The smallest absolute Gasteiger partial charge is 0.221 e. The third-order valence-corrected chi connectivity index (χ3v) is 8.31. The Hall–Kier alpha value is -1.12. The van der Waals surface area contributed by atoms with E-state index in [-0.39, 0.29) is 22.7 Å². The van der Waals surface area contributed by atoms with Gasteiger partial charge >= 0.3 is 0 Å². The number of carbonyl (C=O) groups is 2. The number of primary amides is 1. The van der Waals surface area contributed by atoms with Gasteiger partial charge in [-0.15, -0.1) is 0 Å². The zero-order valence-electron chi connectivity index (χ0n) is 14.4. The lowest BCUT2D eigenvalue weighted by Crippen LogP contribution is -2.51. The van der Waals surface area contributed by atoms with Gasteiger partial charge in [-0.3, -0.25) is 9.59 Å². The number of hydrogen-bond acceptors (Lipinski definition) is 2. The molecule has 4 aliphatic rings. The molecule has 3 nitrogen and oxygen atoms in total. The largest absolute Gasteiger partial charge is 0.369 e. The van der Waals surface area contributed by atoms with Crippen LogP contribution in [-0.2, 0) is 9.59 Å². The van der Waals surface area contributed by atoms with Crippen molar-refractivity contribution < 1.29 is 9.59 Å². The number of fused-ring (bicyclic) bond motifs is 5. The Morgan fingerprint density at radius 2 is 1.87 bits per heavy atom. The number of ketones is 1. The second kappa shape index (κ2) is 4.94. The molecule has 0 aromatic carbocycles. The first-order chi connectivity index (χ1) is 10.9. The molecular weight excluding hydrogens is 286 g/mol. The number of nitrogens with two attached hydrogens (primary N) is 1. The molecular formula is C20H29NO2. The zero-order chi connectivity index (χ0) is 16.4. The lowest BCUT2D eigenvalue weighted by atomic mass is 9.47. The summed E-state index contributed by atoms with van der Waals surface area (Å²) in [6, 6.07) is 0. The molecule has 0 aromatic rings. The zero-order valence-corrected chi connectivity index (χ0v) is 14.4. The van der Waals surface area contributed by atoms with Gasteiger partial charge in [-0.1, -0.05) is 19.4 Å². The first-order valence-corrected chi connectivity index (χ1v) is 9.39. The molecule has 2 N–H and O–H groups in total. The van der Waals surface area contributed by atoms with E-state index in [1.54, 1.807) is 0 Å². The quantitative estimate of drug-likeness (QED) is 0.803. The second-order valence-electron chi connectivity index (χ2n) is 9.05. The van der Waals surface area contributed by atoms with Gasteiger partial charge in [-0.05, 0) is 79.6 Å². The maximum atomic E-state index is 11.9. The third-order valence-electron chi connectivity index (χ3n) is 8.31. The molecule has 3 heteroatoms. The maximum Gasteiger partial charge on any atom is 0.221 e.